The fourth-order valence-corrected chi connectivity index (χ4v) is 2.74. The minimum absolute atomic E-state index is 0.00686. The molecule has 2 aliphatic rings. The molecule has 2 amide bonds. The van der Waals surface area contributed by atoms with Gasteiger partial charge in [-0.1, -0.05) is 5.57 Å². The molecule has 2 N–H and O–H groups in total. The van der Waals surface area contributed by atoms with E-state index in [1.54, 1.807) is 11.0 Å². The molecule has 1 saturated heterocycles. The average molecular weight is 312 g/mol. The Morgan fingerprint density at radius 2 is 1.90 bits per heavy atom. The van der Waals surface area contributed by atoms with Gasteiger partial charge in [-0.05, 0) is 44.6 Å². The number of carbonyl (C=O) groups excluding carboxylic acids is 2. The third-order valence-electron chi connectivity index (χ3n) is 4.14. The molecule has 1 aliphatic heterocycles. The Balaban J connectivity index is 1.77. The van der Waals surface area contributed by atoms with E-state index in [9.17, 15) is 9.59 Å². The van der Waals surface area contributed by atoms with Gasteiger partial charge >= 0.3 is 0 Å². The number of nitrogens with one attached hydrogen (secondary N) is 2. The summed E-state index contributed by atoms with van der Waals surface area (Å²) in [6, 6.07) is 0.0341. The zero-order valence-corrected chi connectivity index (χ0v) is 13.1. The molecule has 0 aromatic heterocycles. The van der Waals surface area contributed by atoms with Crippen molar-refractivity contribution in [1.82, 2.24) is 10.2 Å². The van der Waals surface area contributed by atoms with Gasteiger partial charge in [0.1, 0.15) is 11.6 Å². The van der Waals surface area contributed by atoms with E-state index in [-0.39, 0.29) is 29.4 Å². The zero-order valence-electron chi connectivity index (χ0n) is 12.3. The maximum Gasteiger partial charge on any atom is 0.269 e. The van der Waals surface area contributed by atoms with Crippen LogP contribution in [0.3, 0.4) is 0 Å². The van der Waals surface area contributed by atoms with E-state index < -0.39 is 0 Å². The quantitative estimate of drug-likeness (QED) is 0.599. The average Bonchev–Trinajstić information content (AvgIpc) is 3.31. The summed E-state index contributed by atoms with van der Waals surface area (Å²) in [6.45, 7) is 3.21. The van der Waals surface area contributed by atoms with E-state index in [4.69, 9.17) is 17.0 Å². The van der Waals surface area contributed by atoms with E-state index in [0.29, 0.717) is 31.8 Å². The number of amides is 2. The van der Waals surface area contributed by atoms with Crippen LogP contribution in [0.1, 0.15) is 32.6 Å². The predicted octanol–water partition coefficient (Wildman–Crippen LogP) is 1.71. The third kappa shape index (κ3) is 4.56. The molecule has 0 aromatic carbocycles. The molecule has 0 spiro atoms. The van der Waals surface area contributed by atoms with Crippen LogP contribution in [0.2, 0.25) is 0 Å². The standard InChI is InChI=1S/C15H22ClN3O2/c1-10(11-2-3-11)8-13(17)15(21)18-12-4-6-19(7-5-12)14(20)9-16/h8,11-12,17H,2-7,9H2,1H3,(H,18,21)/b10-8+,17-13?. The van der Waals surface area contributed by atoms with Gasteiger partial charge in [0.15, 0.2) is 0 Å². The van der Waals surface area contributed by atoms with Crippen molar-refractivity contribution in [3.63, 3.8) is 0 Å². The number of allylic oxidation sites excluding steroid dienone is 1. The molecule has 21 heavy (non-hydrogen) atoms. The Bertz CT molecular complexity index is 464. The maximum absolute atomic E-state index is 12.0. The van der Waals surface area contributed by atoms with Crippen molar-refractivity contribution in [2.45, 2.75) is 38.6 Å². The Hall–Kier alpha value is -1.36. The minimum Gasteiger partial charge on any atom is -0.348 e. The number of rotatable bonds is 5. The van der Waals surface area contributed by atoms with Gasteiger partial charge in [0.25, 0.3) is 5.91 Å². The van der Waals surface area contributed by atoms with Crippen LogP contribution in [0.15, 0.2) is 11.6 Å². The van der Waals surface area contributed by atoms with Gasteiger partial charge in [0, 0.05) is 19.1 Å². The van der Waals surface area contributed by atoms with Gasteiger partial charge < -0.3 is 10.2 Å². The molecule has 5 nitrogen and oxygen atoms in total. The number of halogens is 1. The first kappa shape index (κ1) is 16.0. The molecule has 6 heteroatoms. The lowest BCUT2D eigenvalue weighted by atomic mass is 10.0. The lowest BCUT2D eigenvalue weighted by molar-refractivity contribution is -0.129. The van der Waals surface area contributed by atoms with Crippen LogP contribution in [-0.2, 0) is 9.59 Å². The van der Waals surface area contributed by atoms with Crippen molar-refractivity contribution in [2.75, 3.05) is 19.0 Å². The molecule has 0 atom stereocenters. The number of alkyl halides is 1. The molecule has 1 aliphatic carbocycles. The normalized spacial score (nSPS) is 20.3. The maximum atomic E-state index is 12.0. The van der Waals surface area contributed by atoms with Gasteiger partial charge in [-0.25, -0.2) is 0 Å². The molecule has 0 radical (unpaired) electrons. The largest absolute Gasteiger partial charge is 0.348 e. The van der Waals surface area contributed by atoms with Crippen LogP contribution in [0.4, 0.5) is 0 Å². The van der Waals surface area contributed by atoms with Crippen LogP contribution in [0, 0.1) is 11.3 Å². The minimum atomic E-state index is -0.322. The van der Waals surface area contributed by atoms with Crippen LogP contribution in [0.25, 0.3) is 0 Å². The summed E-state index contributed by atoms with van der Waals surface area (Å²) in [4.78, 5) is 25.2. The SMILES string of the molecule is C/C(=C\C(=N)C(=O)NC1CCN(C(=O)CCl)CC1)C1CC1. The molecular weight excluding hydrogens is 290 g/mol. The summed E-state index contributed by atoms with van der Waals surface area (Å²) < 4.78 is 0. The van der Waals surface area contributed by atoms with Crippen LogP contribution in [-0.4, -0.2) is 47.4 Å². The first-order chi connectivity index (χ1) is 10.0. The molecule has 0 unspecified atom stereocenters. The molecule has 0 bridgehead atoms. The lowest BCUT2D eigenvalue weighted by Crippen LogP contribution is -2.48. The van der Waals surface area contributed by atoms with Gasteiger partial charge in [0.05, 0.1) is 0 Å². The van der Waals surface area contributed by atoms with E-state index >= 15 is 0 Å². The first-order valence-corrected chi connectivity index (χ1v) is 7.96. The third-order valence-corrected chi connectivity index (χ3v) is 4.36. The second-order valence-corrected chi connectivity index (χ2v) is 6.11. The lowest BCUT2D eigenvalue weighted by Gasteiger charge is -2.32. The van der Waals surface area contributed by atoms with Gasteiger partial charge in [0.2, 0.25) is 5.91 Å². The summed E-state index contributed by atoms with van der Waals surface area (Å²) in [7, 11) is 0. The van der Waals surface area contributed by atoms with Crippen molar-refractivity contribution >= 4 is 29.1 Å². The topological polar surface area (TPSA) is 73.3 Å². The zero-order chi connectivity index (χ0) is 15.4. The second kappa shape index (κ2) is 7.07. The summed E-state index contributed by atoms with van der Waals surface area (Å²) >= 11 is 5.53. The highest BCUT2D eigenvalue weighted by atomic mass is 35.5. The molecule has 2 rings (SSSR count). The van der Waals surface area contributed by atoms with Crippen molar-refractivity contribution in [1.29, 1.82) is 5.41 Å². The van der Waals surface area contributed by atoms with Gasteiger partial charge in [-0.15, -0.1) is 11.6 Å². The number of likely N-dealkylation sites (tertiary alicyclic amines) is 1. The predicted molar refractivity (Wildman–Crippen MR) is 82.7 cm³/mol. The number of hydrogen-bond acceptors (Lipinski definition) is 3. The fraction of sp³-hybridized carbons (Fsp3) is 0.667. The summed E-state index contributed by atoms with van der Waals surface area (Å²) in [5, 5.41) is 10.7. The van der Waals surface area contributed by atoms with Crippen LogP contribution >= 0.6 is 11.6 Å². The first-order valence-electron chi connectivity index (χ1n) is 7.42. The number of piperidine rings is 1. The molecule has 0 aromatic rings. The Morgan fingerprint density at radius 1 is 1.29 bits per heavy atom. The number of nitrogens with zero attached hydrogens (tertiary/aromatic N) is 1. The Morgan fingerprint density at radius 3 is 2.43 bits per heavy atom. The van der Waals surface area contributed by atoms with Gasteiger partial charge in [-0.2, -0.15) is 0 Å². The fourth-order valence-electron chi connectivity index (χ4n) is 2.57. The van der Waals surface area contributed by atoms with Crippen molar-refractivity contribution in [2.24, 2.45) is 5.92 Å². The van der Waals surface area contributed by atoms with E-state index in [1.165, 1.54) is 12.8 Å². The van der Waals surface area contributed by atoms with Gasteiger partial charge in [-0.3, -0.25) is 15.0 Å². The number of carbonyl (C=O) groups is 2. The second-order valence-electron chi connectivity index (χ2n) is 5.84. The van der Waals surface area contributed by atoms with E-state index in [0.717, 1.165) is 5.57 Å². The summed E-state index contributed by atoms with van der Waals surface area (Å²) in [5.74, 6) is 0.199. The van der Waals surface area contributed by atoms with E-state index in [2.05, 4.69) is 5.32 Å². The van der Waals surface area contributed by atoms with Crippen molar-refractivity contribution in [3.05, 3.63) is 11.6 Å². The molecular formula is C15H22ClN3O2. The highest BCUT2D eigenvalue weighted by Gasteiger charge is 2.26. The Labute approximate surface area is 130 Å². The summed E-state index contributed by atoms with van der Waals surface area (Å²) in [6.07, 6.45) is 5.45. The molecule has 116 valence electrons. The summed E-state index contributed by atoms with van der Waals surface area (Å²) in [5.41, 5.74) is 1.15. The highest BCUT2D eigenvalue weighted by molar-refractivity contribution is 6.42. The monoisotopic (exact) mass is 311 g/mol. The highest BCUT2D eigenvalue weighted by Crippen LogP contribution is 2.35. The molecule has 1 heterocycles. The Kier molecular flexibility index (Phi) is 5.39. The number of hydrogen-bond donors (Lipinski definition) is 2. The van der Waals surface area contributed by atoms with Crippen LogP contribution < -0.4 is 5.32 Å². The smallest absolute Gasteiger partial charge is 0.269 e. The van der Waals surface area contributed by atoms with Crippen molar-refractivity contribution < 1.29 is 9.59 Å². The molecule has 2 fully saturated rings. The molecule has 1 saturated carbocycles. The van der Waals surface area contributed by atoms with Crippen molar-refractivity contribution in [3.8, 4) is 0 Å². The van der Waals surface area contributed by atoms with Crippen LogP contribution in [0.5, 0.6) is 0 Å². The van der Waals surface area contributed by atoms with E-state index in [1.807, 2.05) is 6.92 Å².